The van der Waals surface area contributed by atoms with Crippen LogP contribution in [-0.2, 0) is 0 Å². The summed E-state index contributed by atoms with van der Waals surface area (Å²) < 4.78 is 19.7. The van der Waals surface area contributed by atoms with Crippen LogP contribution < -0.4 is 15.6 Å². The van der Waals surface area contributed by atoms with Crippen molar-refractivity contribution in [3.05, 3.63) is 87.1 Å². The highest BCUT2D eigenvalue weighted by atomic mass is 19.1. The maximum atomic E-state index is 13.8. The molecule has 5 nitrogen and oxygen atoms in total. The van der Waals surface area contributed by atoms with E-state index in [0.717, 1.165) is 22.8 Å². The first-order valence-corrected chi connectivity index (χ1v) is 8.39. The van der Waals surface area contributed by atoms with E-state index >= 15 is 0 Å². The molecule has 2 aromatic carbocycles. The van der Waals surface area contributed by atoms with Crippen LogP contribution in [0.1, 0.15) is 27.0 Å². The molecular weight excluding hydrogens is 347 g/mol. The topological polar surface area (TPSA) is 71.2 Å². The predicted octanol–water partition coefficient (Wildman–Crippen LogP) is 4.48. The van der Waals surface area contributed by atoms with E-state index in [9.17, 15) is 14.0 Å². The van der Waals surface area contributed by atoms with Gasteiger partial charge in [-0.1, -0.05) is 6.07 Å². The third-order valence-electron chi connectivity index (χ3n) is 4.20. The van der Waals surface area contributed by atoms with Crippen molar-refractivity contribution in [1.29, 1.82) is 0 Å². The molecule has 3 rings (SSSR count). The van der Waals surface area contributed by atoms with Gasteiger partial charge in [0.05, 0.1) is 5.56 Å². The molecule has 1 aromatic heterocycles. The van der Waals surface area contributed by atoms with Crippen molar-refractivity contribution >= 4 is 11.6 Å². The minimum absolute atomic E-state index is 0.0360. The molecule has 3 aromatic rings. The normalized spacial score (nSPS) is 10.5. The summed E-state index contributed by atoms with van der Waals surface area (Å²) in [7, 11) is 0. The molecule has 0 fully saturated rings. The van der Waals surface area contributed by atoms with Crippen molar-refractivity contribution in [3.8, 4) is 11.5 Å². The molecule has 0 radical (unpaired) electrons. The molecule has 0 saturated heterocycles. The Hall–Kier alpha value is -3.41. The molecule has 138 valence electrons. The molecule has 0 aliphatic carbocycles. The molecule has 0 bridgehead atoms. The lowest BCUT2D eigenvalue weighted by atomic mass is 10.1. The number of rotatable bonds is 4. The molecule has 0 aliphatic heterocycles. The first-order valence-electron chi connectivity index (χ1n) is 8.39. The van der Waals surface area contributed by atoms with Crippen LogP contribution in [0.4, 0.5) is 10.1 Å². The number of benzene rings is 2. The van der Waals surface area contributed by atoms with Gasteiger partial charge in [-0.25, -0.2) is 4.39 Å². The number of aryl methyl sites for hydroxylation is 2. The highest BCUT2D eigenvalue weighted by Gasteiger charge is 2.16. The molecule has 0 aliphatic rings. The van der Waals surface area contributed by atoms with Crippen LogP contribution in [0.5, 0.6) is 11.5 Å². The lowest BCUT2D eigenvalue weighted by Gasteiger charge is -2.15. The quantitative estimate of drug-likeness (QED) is 0.715. The minimum atomic E-state index is -0.572. The molecule has 1 amide bonds. The van der Waals surface area contributed by atoms with Crippen molar-refractivity contribution in [3.63, 3.8) is 0 Å². The van der Waals surface area contributed by atoms with Crippen LogP contribution in [-0.4, -0.2) is 10.9 Å². The number of carbonyl (C=O) groups is 1. The summed E-state index contributed by atoms with van der Waals surface area (Å²) in [6.45, 7) is 5.84. The summed E-state index contributed by atoms with van der Waals surface area (Å²) in [5.41, 5.74) is 3.00. The largest absolute Gasteiger partial charge is 0.456 e. The summed E-state index contributed by atoms with van der Waals surface area (Å²) >= 11 is 0. The van der Waals surface area contributed by atoms with E-state index in [2.05, 4.69) is 10.3 Å². The molecule has 0 saturated carbocycles. The van der Waals surface area contributed by atoms with E-state index in [-0.39, 0.29) is 16.9 Å². The number of nitrogens with one attached hydrogen (secondary N) is 2. The Labute approximate surface area is 155 Å². The highest BCUT2D eigenvalue weighted by molar-refractivity contribution is 6.06. The fourth-order valence-corrected chi connectivity index (χ4v) is 2.71. The number of anilines is 1. The van der Waals surface area contributed by atoms with Crippen LogP contribution in [0.15, 0.2) is 53.5 Å². The summed E-state index contributed by atoms with van der Waals surface area (Å²) in [5.74, 6) is -0.302. The van der Waals surface area contributed by atoms with Crippen molar-refractivity contribution in [2.24, 2.45) is 0 Å². The Morgan fingerprint density at radius 3 is 2.56 bits per heavy atom. The average molecular weight is 366 g/mol. The number of hydrogen-bond donors (Lipinski definition) is 2. The van der Waals surface area contributed by atoms with Gasteiger partial charge in [-0.2, -0.15) is 0 Å². The third kappa shape index (κ3) is 4.23. The number of amides is 1. The van der Waals surface area contributed by atoms with Gasteiger partial charge in [0.1, 0.15) is 17.3 Å². The van der Waals surface area contributed by atoms with Gasteiger partial charge in [-0.05, 0) is 67.8 Å². The van der Waals surface area contributed by atoms with Gasteiger partial charge in [-0.15, -0.1) is 0 Å². The van der Waals surface area contributed by atoms with E-state index in [1.807, 2.05) is 32.9 Å². The van der Waals surface area contributed by atoms with Crippen LogP contribution in [0.2, 0.25) is 0 Å². The maximum absolute atomic E-state index is 13.8. The van der Waals surface area contributed by atoms with Crippen LogP contribution in [0.25, 0.3) is 0 Å². The Bertz CT molecular complexity index is 1070. The summed E-state index contributed by atoms with van der Waals surface area (Å²) in [4.78, 5) is 26.5. The highest BCUT2D eigenvalue weighted by Crippen LogP contribution is 2.31. The molecule has 0 spiro atoms. The molecule has 6 heteroatoms. The molecule has 27 heavy (non-hydrogen) atoms. The zero-order valence-electron chi connectivity index (χ0n) is 15.2. The molecule has 1 heterocycles. The number of aromatic nitrogens is 1. The third-order valence-corrected chi connectivity index (χ3v) is 4.20. The fraction of sp³-hybridized carbons (Fsp3) is 0.143. The van der Waals surface area contributed by atoms with Gasteiger partial charge < -0.3 is 15.0 Å². The van der Waals surface area contributed by atoms with Gasteiger partial charge in [0.15, 0.2) is 0 Å². The second kappa shape index (κ2) is 7.45. The summed E-state index contributed by atoms with van der Waals surface area (Å²) in [6, 6.07) is 10.4. The van der Waals surface area contributed by atoms with E-state index in [1.165, 1.54) is 30.5 Å². The first kappa shape index (κ1) is 18.4. The van der Waals surface area contributed by atoms with Gasteiger partial charge in [0, 0.05) is 18.0 Å². The van der Waals surface area contributed by atoms with Crippen molar-refractivity contribution < 1.29 is 13.9 Å². The second-order valence-electron chi connectivity index (χ2n) is 6.34. The average Bonchev–Trinajstić information content (AvgIpc) is 2.60. The number of carbonyl (C=O) groups excluding carboxylic acids is 1. The van der Waals surface area contributed by atoms with Gasteiger partial charge in [-0.3, -0.25) is 9.59 Å². The second-order valence-corrected chi connectivity index (χ2v) is 6.34. The van der Waals surface area contributed by atoms with Gasteiger partial charge in [0.2, 0.25) is 5.56 Å². The van der Waals surface area contributed by atoms with Gasteiger partial charge in [0.25, 0.3) is 5.91 Å². The fourth-order valence-electron chi connectivity index (χ4n) is 2.71. The Balaban J connectivity index is 1.96. The smallest absolute Gasteiger partial charge is 0.259 e. The Morgan fingerprint density at radius 2 is 1.81 bits per heavy atom. The van der Waals surface area contributed by atoms with Crippen LogP contribution >= 0.6 is 0 Å². The van der Waals surface area contributed by atoms with Crippen LogP contribution in [0.3, 0.4) is 0 Å². The molecule has 2 N–H and O–H groups in total. The Morgan fingerprint density at radius 1 is 1.04 bits per heavy atom. The first-order chi connectivity index (χ1) is 12.8. The van der Waals surface area contributed by atoms with Gasteiger partial charge >= 0.3 is 0 Å². The zero-order valence-corrected chi connectivity index (χ0v) is 15.2. The molecular formula is C21H19FN2O3. The van der Waals surface area contributed by atoms with E-state index in [0.29, 0.717) is 11.4 Å². The number of pyridine rings is 1. The maximum Gasteiger partial charge on any atom is 0.259 e. The summed E-state index contributed by atoms with van der Waals surface area (Å²) in [5, 5.41) is 2.58. The van der Waals surface area contributed by atoms with Crippen molar-refractivity contribution in [2.45, 2.75) is 20.8 Å². The zero-order chi connectivity index (χ0) is 19.6. The standard InChI is InChI=1S/C21H19FN2O3/c1-12-8-13(2)14(3)19(9-12)27-18-5-4-15(22)10-17(18)21(26)24-16-6-7-23-20(25)11-16/h4-11H,1-3H3,(H2,23,24,25,26). The predicted molar refractivity (Wildman–Crippen MR) is 102 cm³/mol. The molecule has 0 unspecified atom stereocenters. The van der Waals surface area contributed by atoms with E-state index in [4.69, 9.17) is 4.74 Å². The number of hydrogen-bond acceptors (Lipinski definition) is 3. The Kier molecular flexibility index (Phi) is 5.07. The molecule has 0 atom stereocenters. The number of H-pyrrole nitrogens is 1. The van der Waals surface area contributed by atoms with Crippen molar-refractivity contribution in [2.75, 3.05) is 5.32 Å². The minimum Gasteiger partial charge on any atom is -0.456 e. The van der Waals surface area contributed by atoms with Crippen LogP contribution in [0, 0.1) is 26.6 Å². The number of ether oxygens (including phenoxy) is 1. The SMILES string of the molecule is Cc1cc(C)c(C)c(Oc2ccc(F)cc2C(=O)Nc2cc[nH]c(=O)c2)c1. The summed E-state index contributed by atoms with van der Waals surface area (Å²) in [6.07, 6.45) is 1.42. The monoisotopic (exact) mass is 366 g/mol. The lowest BCUT2D eigenvalue weighted by Crippen LogP contribution is -2.15. The number of aromatic amines is 1. The van der Waals surface area contributed by atoms with E-state index in [1.54, 1.807) is 0 Å². The number of halogens is 1. The van der Waals surface area contributed by atoms with E-state index < -0.39 is 11.7 Å². The van der Waals surface area contributed by atoms with Crippen molar-refractivity contribution in [1.82, 2.24) is 4.98 Å². The lowest BCUT2D eigenvalue weighted by molar-refractivity contribution is 0.102.